The Kier molecular flexibility index (Phi) is 43.4. The van der Waals surface area contributed by atoms with Gasteiger partial charge in [0.25, 0.3) is 0 Å². The zero-order valence-electron chi connectivity index (χ0n) is 4.95. The van der Waals surface area contributed by atoms with Gasteiger partial charge in [-0.3, -0.25) is 0 Å². The van der Waals surface area contributed by atoms with E-state index >= 15 is 0 Å². The van der Waals surface area contributed by atoms with Gasteiger partial charge in [-0.1, -0.05) is 0 Å². The van der Waals surface area contributed by atoms with Crippen molar-refractivity contribution in [1.29, 1.82) is 0 Å². The molecule has 0 unspecified atom stereocenters. The van der Waals surface area contributed by atoms with Crippen molar-refractivity contribution in [3.63, 3.8) is 0 Å². The van der Waals surface area contributed by atoms with Gasteiger partial charge in [-0.2, -0.15) is 0 Å². The summed E-state index contributed by atoms with van der Waals surface area (Å²) in [5.74, 6) is 0. The Morgan fingerprint density at radius 3 is 0.778 bits per heavy atom. The first-order valence-electron chi connectivity index (χ1n) is 0.698. The van der Waals surface area contributed by atoms with Crippen LogP contribution in [0.25, 0.3) is 0 Å². The molecule has 8 nitrogen and oxygen atoms in total. The van der Waals surface area contributed by atoms with E-state index in [1.54, 1.807) is 0 Å². The van der Waals surface area contributed by atoms with Gasteiger partial charge in [0.15, 0.2) is 0 Å². The summed E-state index contributed by atoms with van der Waals surface area (Å²) in [5, 5.41) is 0. The third kappa shape index (κ3) is 126000. The molecular weight excluding hydrogens is 216 g/mol. The summed E-state index contributed by atoms with van der Waals surface area (Å²) in [5.41, 5.74) is 0. The molecule has 0 spiro atoms. The summed E-state index contributed by atoms with van der Waals surface area (Å²) in [6.07, 6.45) is 0. The molecule has 0 atom stereocenters. The topological polar surface area (TPSA) is 215 Å². The van der Waals surface area contributed by atoms with Gasteiger partial charge in [0, 0.05) is 0 Å². The first-order chi connectivity index (χ1) is 2.00. The first kappa shape index (κ1) is 35.8. The van der Waals surface area contributed by atoms with Crippen molar-refractivity contribution in [2.24, 2.45) is 0 Å². The van der Waals surface area contributed by atoms with Crippen molar-refractivity contribution in [1.82, 2.24) is 24.6 Å². The van der Waals surface area contributed by atoms with E-state index in [1.165, 1.54) is 0 Å². The molecule has 64 valence electrons. The summed E-state index contributed by atoms with van der Waals surface area (Å²) in [7, 11) is 0. The van der Waals surface area contributed by atoms with E-state index in [0.717, 1.165) is 0 Å². The van der Waals surface area contributed by atoms with Crippen LogP contribution in [0.5, 0.6) is 0 Å². The van der Waals surface area contributed by atoms with E-state index < -0.39 is 16.7 Å². The second-order valence-corrected chi connectivity index (χ2v) is 2.65. The Morgan fingerprint density at radius 2 is 0.778 bits per heavy atom. The van der Waals surface area contributed by atoms with Crippen LogP contribution in [0.3, 0.4) is 0 Å². The quantitative estimate of drug-likeness (QED) is 0.291. The third-order valence-corrected chi connectivity index (χ3v) is 0. The fourth-order valence-electron chi connectivity index (χ4n) is 0. The van der Waals surface area contributed by atoms with Crippen molar-refractivity contribution in [2.45, 2.75) is 0 Å². The second kappa shape index (κ2) is 10.9. The zero-order chi connectivity index (χ0) is 4.50. The van der Waals surface area contributed by atoms with Crippen molar-refractivity contribution >= 4 is 0 Å². The maximum atomic E-state index is 8.85. The van der Waals surface area contributed by atoms with Gasteiger partial charge in [0.1, 0.15) is 0 Å². The van der Waals surface area contributed by atoms with E-state index in [4.69, 9.17) is 14.3 Å². The van der Waals surface area contributed by atoms with Crippen molar-refractivity contribution in [3.8, 4) is 0 Å². The van der Waals surface area contributed by atoms with Gasteiger partial charge in [-0.15, -0.1) is 0 Å². The molecule has 0 aliphatic carbocycles. The van der Waals surface area contributed by atoms with Crippen LogP contribution in [-0.2, 0) is 23.5 Å². The molecule has 0 radical (unpaired) electrons. The molecule has 0 aliphatic rings. The molecule has 0 saturated carbocycles. The molecule has 9 heavy (non-hydrogen) atoms. The molecule has 9 heteroatoms. The van der Waals surface area contributed by atoms with E-state index in [-0.39, 0.29) is 24.6 Å². The monoisotopic (exact) mass is 232 g/mol. The van der Waals surface area contributed by atoms with Gasteiger partial charge < -0.3 is 24.6 Å². The molecule has 14 N–H and O–H groups in total. The van der Waals surface area contributed by atoms with E-state index in [2.05, 4.69) is 0 Å². The minimum atomic E-state index is -5.52. The fraction of sp³-hybridized carbons (Fsp3) is 0. The zero-order valence-corrected chi connectivity index (χ0v) is 6.95. The fourth-order valence-corrected chi connectivity index (χ4v) is 0. The van der Waals surface area contributed by atoms with Gasteiger partial charge >= 0.3 is 31.1 Å². The molecule has 0 saturated heterocycles. The van der Waals surface area contributed by atoms with E-state index in [9.17, 15) is 0 Å². The number of rotatable bonds is 0. The molecule has 0 bridgehead atoms. The van der Waals surface area contributed by atoms with Crippen LogP contribution in [-0.4, -0.2) is 7.52 Å². The summed E-state index contributed by atoms with van der Waals surface area (Å²) < 4.78 is 32.0. The molecule has 0 aromatic heterocycles. The SMILES string of the molecule is N.N.N.N.[O]=[Mo](=[O])([OH])[OH]. The standard InChI is InChI=1S/Mo.4H3N.2H2O.2O/h;4*1H3;2*1H2;;/q+2;;;;;;;;/p-2. The summed E-state index contributed by atoms with van der Waals surface area (Å²) >= 11 is -5.52. The van der Waals surface area contributed by atoms with Crippen LogP contribution in [0, 0.1) is 0 Å². The average Bonchev–Trinajstić information content (AvgIpc) is 0.722. The predicted octanol–water partition coefficient (Wildman–Crippen LogP) is -0.706. The number of hydrogen-bond acceptors (Lipinski definition) is 6. The van der Waals surface area contributed by atoms with Crippen LogP contribution >= 0.6 is 0 Å². The van der Waals surface area contributed by atoms with Gasteiger partial charge in [-0.25, -0.2) is 0 Å². The van der Waals surface area contributed by atoms with Gasteiger partial charge in [-0.05, 0) is 0 Å². The molecular formula is H14MoN4O4. The molecule has 0 aliphatic heterocycles. The van der Waals surface area contributed by atoms with Crippen molar-refractivity contribution < 1.29 is 31.1 Å². The van der Waals surface area contributed by atoms with Crippen LogP contribution < -0.4 is 24.6 Å². The van der Waals surface area contributed by atoms with E-state index in [0.29, 0.717) is 0 Å². The predicted molar refractivity (Wildman–Crippen MR) is 25.9 cm³/mol. The first-order valence-corrected chi connectivity index (χ1v) is 4.13. The normalized spacial score (nSPS) is 6.44. The van der Waals surface area contributed by atoms with Crippen molar-refractivity contribution in [2.75, 3.05) is 0 Å². The van der Waals surface area contributed by atoms with E-state index in [1.807, 2.05) is 0 Å². The molecule has 0 aromatic carbocycles. The molecule has 0 aromatic rings. The Morgan fingerprint density at radius 1 is 0.778 bits per heavy atom. The molecule has 0 heterocycles. The Labute approximate surface area is 56.3 Å². The average molecular weight is 230 g/mol. The van der Waals surface area contributed by atoms with Gasteiger partial charge in [0.05, 0.1) is 0 Å². The number of hydrogen-bond donors (Lipinski definition) is 6. The van der Waals surface area contributed by atoms with Crippen LogP contribution in [0.1, 0.15) is 0 Å². The van der Waals surface area contributed by atoms with Crippen LogP contribution in [0.15, 0.2) is 0 Å². The minimum absolute atomic E-state index is 0. The van der Waals surface area contributed by atoms with Crippen molar-refractivity contribution in [3.05, 3.63) is 0 Å². The van der Waals surface area contributed by atoms with Crippen LogP contribution in [0.4, 0.5) is 0 Å². The maximum absolute atomic E-state index is 8.85. The van der Waals surface area contributed by atoms with Crippen LogP contribution in [0.2, 0.25) is 0 Å². The molecule has 0 rings (SSSR count). The Bertz CT molecular complexity index is 95.7. The Balaban J connectivity index is -0.0000000133. The summed E-state index contributed by atoms with van der Waals surface area (Å²) in [4.78, 5) is 0. The summed E-state index contributed by atoms with van der Waals surface area (Å²) in [6.45, 7) is 0. The Hall–Kier alpha value is 0.0483. The molecule has 0 amide bonds. The van der Waals surface area contributed by atoms with Gasteiger partial charge in [0.2, 0.25) is 0 Å². The summed E-state index contributed by atoms with van der Waals surface area (Å²) in [6, 6.07) is 0. The third-order valence-electron chi connectivity index (χ3n) is 0. The second-order valence-electron chi connectivity index (χ2n) is 0.448. The molecule has 0 fully saturated rings.